The molecule has 0 aromatic rings. The Balaban J connectivity index is 1.62. The zero-order valence-electron chi connectivity index (χ0n) is 12.0. The van der Waals surface area contributed by atoms with E-state index in [1.807, 2.05) is 0 Å². The number of nitrogens with one attached hydrogen (secondary N) is 2. The molecule has 2 fully saturated rings. The Morgan fingerprint density at radius 1 is 1.53 bits per heavy atom. The molecule has 2 atom stereocenters. The van der Waals surface area contributed by atoms with E-state index in [4.69, 9.17) is 4.74 Å². The Hall–Kier alpha value is -0.650. The summed E-state index contributed by atoms with van der Waals surface area (Å²) < 4.78 is 5.68. The minimum atomic E-state index is 0.155. The standard InChI is InChI=1S/C14H27N3O2/c1-2-17-6-7-19-13(11-17)10-16-14(18)8-12-4-3-5-15-9-12/h12-13,15H,2-11H2,1H3,(H,16,18). The lowest BCUT2D eigenvalue weighted by atomic mass is 9.96. The molecule has 0 aromatic carbocycles. The monoisotopic (exact) mass is 269 g/mol. The minimum absolute atomic E-state index is 0.155. The molecule has 0 saturated carbocycles. The maximum absolute atomic E-state index is 11.9. The van der Waals surface area contributed by atoms with Gasteiger partial charge in [0.1, 0.15) is 0 Å². The molecule has 1 amide bonds. The van der Waals surface area contributed by atoms with Crippen LogP contribution in [0.2, 0.25) is 0 Å². The summed E-state index contributed by atoms with van der Waals surface area (Å²) in [5, 5.41) is 6.37. The van der Waals surface area contributed by atoms with Crippen molar-refractivity contribution < 1.29 is 9.53 Å². The van der Waals surface area contributed by atoms with Crippen molar-refractivity contribution in [1.82, 2.24) is 15.5 Å². The number of piperidine rings is 1. The molecule has 0 aliphatic carbocycles. The van der Waals surface area contributed by atoms with Crippen molar-refractivity contribution in [2.45, 2.75) is 32.3 Å². The predicted octanol–water partition coefficient (Wildman–Crippen LogP) is 0.213. The van der Waals surface area contributed by atoms with E-state index in [2.05, 4.69) is 22.5 Å². The SMILES string of the molecule is CCN1CCOC(CNC(=O)CC2CCCNC2)C1. The summed E-state index contributed by atoms with van der Waals surface area (Å²) in [5.41, 5.74) is 0. The molecule has 2 rings (SSSR count). The van der Waals surface area contributed by atoms with Crippen molar-refractivity contribution in [2.75, 3.05) is 45.9 Å². The van der Waals surface area contributed by atoms with Crippen molar-refractivity contribution >= 4 is 5.91 Å². The number of nitrogens with zero attached hydrogens (tertiary/aromatic N) is 1. The zero-order valence-corrected chi connectivity index (χ0v) is 12.0. The fraction of sp³-hybridized carbons (Fsp3) is 0.929. The van der Waals surface area contributed by atoms with Gasteiger partial charge in [0.2, 0.25) is 5.91 Å². The third kappa shape index (κ3) is 5.09. The zero-order chi connectivity index (χ0) is 13.5. The van der Waals surface area contributed by atoms with E-state index in [1.54, 1.807) is 0 Å². The van der Waals surface area contributed by atoms with Crippen LogP contribution >= 0.6 is 0 Å². The highest BCUT2D eigenvalue weighted by Crippen LogP contribution is 2.13. The highest BCUT2D eigenvalue weighted by molar-refractivity contribution is 5.76. The second-order valence-electron chi connectivity index (χ2n) is 5.61. The molecule has 2 aliphatic heterocycles. The number of hydrogen-bond donors (Lipinski definition) is 2. The van der Waals surface area contributed by atoms with Gasteiger partial charge in [0.25, 0.3) is 0 Å². The normalized spacial score (nSPS) is 29.1. The number of likely N-dealkylation sites (N-methyl/N-ethyl adjacent to an activating group) is 1. The summed E-state index contributed by atoms with van der Waals surface area (Å²) in [5.74, 6) is 0.680. The Kier molecular flexibility index (Phi) is 6.07. The fourth-order valence-electron chi connectivity index (χ4n) is 2.85. The topological polar surface area (TPSA) is 53.6 Å². The third-order valence-electron chi connectivity index (χ3n) is 4.07. The minimum Gasteiger partial charge on any atom is -0.374 e. The maximum Gasteiger partial charge on any atom is 0.220 e. The summed E-state index contributed by atoms with van der Waals surface area (Å²) in [7, 11) is 0. The van der Waals surface area contributed by atoms with Gasteiger partial charge in [0, 0.05) is 26.1 Å². The van der Waals surface area contributed by atoms with E-state index < -0.39 is 0 Å². The van der Waals surface area contributed by atoms with Gasteiger partial charge in [-0.1, -0.05) is 6.92 Å². The van der Waals surface area contributed by atoms with Crippen molar-refractivity contribution in [3.63, 3.8) is 0 Å². The Bertz CT molecular complexity index is 280. The van der Waals surface area contributed by atoms with Gasteiger partial charge in [0.15, 0.2) is 0 Å². The van der Waals surface area contributed by atoms with E-state index in [-0.39, 0.29) is 12.0 Å². The van der Waals surface area contributed by atoms with Crippen molar-refractivity contribution in [1.29, 1.82) is 0 Å². The lowest BCUT2D eigenvalue weighted by Gasteiger charge is -2.32. The highest BCUT2D eigenvalue weighted by Gasteiger charge is 2.21. The maximum atomic E-state index is 11.9. The fourth-order valence-corrected chi connectivity index (χ4v) is 2.85. The number of morpholine rings is 1. The van der Waals surface area contributed by atoms with Crippen molar-refractivity contribution in [3.8, 4) is 0 Å². The summed E-state index contributed by atoms with van der Waals surface area (Å²) in [6, 6.07) is 0. The van der Waals surface area contributed by atoms with Gasteiger partial charge in [-0.2, -0.15) is 0 Å². The number of carbonyl (C=O) groups excluding carboxylic acids is 1. The van der Waals surface area contributed by atoms with Crippen LogP contribution in [0.4, 0.5) is 0 Å². The Morgan fingerprint density at radius 3 is 3.16 bits per heavy atom. The Labute approximate surface area is 116 Å². The molecule has 19 heavy (non-hydrogen) atoms. The smallest absolute Gasteiger partial charge is 0.220 e. The van der Waals surface area contributed by atoms with E-state index in [1.165, 1.54) is 12.8 Å². The highest BCUT2D eigenvalue weighted by atomic mass is 16.5. The second kappa shape index (κ2) is 7.82. The molecule has 5 nitrogen and oxygen atoms in total. The molecule has 2 N–H and O–H groups in total. The van der Waals surface area contributed by atoms with Crippen LogP contribution in [0.3, 0.4) is 0 Å². The van der Waals surface area contributed by atoms with Gasteiger partial charge in [-0.15, -0.1) is 0 Å². The average Bonchev–Trinajstić information content (AvgIpc) is 2.46. The first-order valence-electron chi connectivity index (χ1n) is 7.59. The quantitative estimate of drug-likeness (QED) is 0.749. The van der Waals surface area contributed by atoms with Crippen molar-refractivity contribution in [3.05, 3.63) is 0 Å². The van der Waals surface area contributed by atoms with Crippen LogP contribution in [0.5, 0.6) is 0 Å². The molecule has 5 heteroatoms. The molecule has 0 spiro atoms. The van der Waals surface area contributed by atoms with Gasteiger partial charge in [0.05, 0.1) is 12.7 Å². The lowest BCUT2D eigenvalue weighted by Crippen LogP contribution is -2.47. The van der Waals surface area contributed by atoms with Crippen molar-refractivity contribution in [2.24, 2.45) is 5.92 Å². The molecule has 2 unspecified atom stereocenters. The van der Waals surface area contributed by atoms with Crippen LogP contribution in [0.15, 0.2) is 0 Å². The number of rotatable bonds is 5. The molecule has 2 heterocycles. The van der Waals surface area contributed by atoms with E-state index in [0.29, 0.717) is 18.9 Å². The van der Waals surface area contributed by atoms with Crippen LogP contribution < -0.4 is 10.6 Å². The molecule has 0 bridgehead atoms. The van der Waals surface area contributed by atoms with Crippen LogP contribution in [-0.4, -0.2) is 62.8 Å². The first-order valence-corrected chi connectivity index (χ1v) is 7.59. The number of carbonyl (C=O) groups is 1. The molecule has 2 aliphatic rings. The van der Waals surface area contributed by atoms with Gasteiger partial charge in [-0.25, -0.2) is 0 Å². The second-order valence-corrected chi connectivity index (χ2v) is 5.61. The molecular formula is C14H27N3O2. The summed E-state index contributed by atoms with van der Waals surface area (Å²) in [4.78, 5) is 14.3. The molecule has 0 radical (unpaired) electrons. The summed E-state index contributed by atoms with van der Waals surface area (Å²) in [6.07, 6.45) is 3.16. The van der Waals surface area contributed by atoms with Gasteiger partial charge >= 0.3 is 0 Å². The predicted molar refractivity (Wildman–Crippen MR) is 75.1 cm³/mol. The molecule has 2 saturated heterocycles. The van der Waals surface area contributed by atoms with E-state index in [9.17, 15) is 4.79 Å². The van der Waals surface area contributed by atoms with Crippen LogP contribution in [0, 0.1) is 5.92 Å². The first-order chi connectivity index (χ1) is 9.28. The lowest BCUT2D eigenvalue weighted by molar-refractivity contribution is -0.123. The number of amides is 1. The Morgan fingerprint density at radius 2 is 2.42 bits per heavy atom. The molecule has 110 valence electrons. The van der Waals surface area contributed by atoms with Crippen LogP contribution in [0.25, 0.3) is 0 Å². The third-order valence-corrected chi connectivity index (χ3v) is 4.07. The number of ether oxygens (including phenoxy) is 1. The van der Waals surface area contributed by atoms with Crippen LogP contribution in [-0.2, 0) is 9.53 Å². The largest absolute Gasteiger partial charge is 0.374 e. The number of hydrogen-bond acceptors (Lipinski definition) is 4. The first kappa shape index (κ1) is 14.8. The van der Waals surface area contributed by atoms with Gasteiger partial charge in [-0.05, 0) is 38.4 Å². The van der Waals surface area contributed by atoms with E-state index >= 15 is 0 Å². The van der Waals surface area contributed by atoms with Crippen LogP contribution in [0.1, 0.15) is 26.2 Å². The molecular weight excluding hydrogens is 242 g/mol. The molecule has 0 aromatic heterocycles. The summed E-state index contributed by atoms with van der Waals surface area (Å²) >= 11 is 0. The van der Waals surface area contributed by atoms with Gasteiger partial charge < -0.3 is 15.4 Å². The average molecular weight is 269 g/mol. The van der Waals surface area contributed by atoms with Gasteiger partial charge in [-0.3, -0.25) is 9.69 Å². The van der Waals surface area contributed by atoms with E-state index in [0.717, 1.165) is 39.3 Å². The summed E-state index contributed by atoms with van der Waals surface area (Å²) in [6.45, 7) is 8.67.